The van der Waals surface area contributed by atoms with E-state index in [2.05, 4.69) is 25.7 Å². The molecule has 2 unspecified atom stereocenters. The van der Waals surface area contributed by atoms with Crippen molar-refractivity contribution in [3.8, 4) is 5.75 Å². The smallest absolute Gasteiger partial charge is 0.235 e. The second kappa shape index (κ2) is 9.25. The van der Waals surface area contributed by atoms with Gasteiger partial charge in [0.2, 0.25) is 5.91 Å². The quantitative estimate of drug-likeness (QED) is 0.448. The number of hydrogen-bond donors (Lipinski definition) is 3. The first-order chi connectivity index (χ1) is 18.5. The number of aromatic hydroxyl groups is 1. The molecule has 1 heterocycles. The van der Waals surface area contributed by atoms with Crippen molar-refractivity contribution in [2.45, 2.75) is 58.2 Å². The molecule has 1 amide bonds. The van der Waals surface area contributed by atoms with E-state index < -0.39 is 70.2 Å². The molecule has 2 saturated carbocycles. The van der Waals surface area contributed by atoms with Crippen LogP contribution >= 0.6 is 0 Å². The van der Waals surface area contributed by atoms with Gasteiger partial charge in [-0.25, -0.2) is 4.39 Å². The third-order valence-electron chi connectivity index (χ3n) is 9.13. The van der Waals surface area contributed by atoms with Crippen LogP contribution in [0.3, 0.4) is 0 Å². The van der Waals surface area contributed by atoms with Gasteiger partial charge in [-0.05, 0) is 44.7 Å². The number of benzene rings is 1. The Hall–Kier alpha value is -3.02. The Morgan fingerprint density at radius 1 is 1.12 bits per heavy atom. The molecule has 0 saturated heterocycles. The van der Waals surface area contributed by atoms with Crippen LogP contribution in [0.15, 0.2) is 0 Å². The predicted molar refractivity (Wildman–Crippen MR) is 140 cm³/mol. The molecule has 0 spiro atoms. The molecule has 1 aromatic carbocycles. The molecular formula is C29H36FN3O7. The van der Waals surface area contributed by atoms with Gasteiger partial charge in [-0.15, -0.1) is 0 Å². The highest BCUT2D eigenvalue weighted by Crippen LogP contribution is 2.52. The summed E-state index contributed by atoms with van der Waals surface area (Å²) in [6.07, 6.45) is 0.114. The molecule has 40 heavy (non-hydrogen) atoms. The fourth-order valence-electron chi connectivity index (χ4n) is 7.61. The van der Waals surface area contributed by atoms with E-state index in [1.165, 1.54) is 19.0 Å². The third-order valence-corrected chi connectivity index (χ3v) is 9.13. The average molecular weight is 558 g/mol. The van der Waals surface area contributed by atoms with Crippen LogP contribution in [0.5, 0.6) is 5.75 Å². The molecule has 3 aliphatic carbocycles. The zero-order valence-electron chi connectivity index (χ0n) is 23.4. The third kappa shape index (κ3) is 3.96. The number of hydrogen-bond acceptors (Lipinski definition) is 9. The lowest BCUT2D eigenvalue weighted by Gasteiger charge is -2.52. The van der Waals surface area contributed by atoms with Crippen molar-refractivity contribution in [3.63, 3.8) is 0 Å². The van der Waals surface area contributed by atoms with Crippen LogP contribution in [-0.4, -0.2) is 87.9 Å². The molecule has 216 valence electrons. The highest BCUT2D eigenvalue weighted by molar-refractivity contribution is 6.32. The number of fused-ring (bicyclic) bond motifs is 4. The monoisotopic (exact) mass is 557 g/mol. The molecule has 6 atom stereocenters. The van der Waals surface area contributed by atoms with Gasteiger partial charge >= 0.3 is 0 Å². The number of amides is 1. The lowest BCUT2D eigenvalue weighted by molar-refractivity contribution is -0.181. The number of Topliss-reactive ketones (excluding diaryl/α,β-unsaturated/α-hetero) is 4. The van der Waals surface area contributed by atoms with Gasteiger partial charge in [0.25, 0.3) is 0 Å². The Morgan fingerprint density at radius 2 is 1.77 bits per heavy atom. The normalized spacial score (nSPS) is 32.5. The lowest BCUT2D eigenvalue weighted by Crippen LogP contribution is -2.74. The molecule has 11 heteroatoms. The summed E-state index contributed by atoms with van der Waals surface area (Å²) in [7, 11) is 3.03. The molecule has 0 radical (unpaired) electrons. The summed E-state index contributed by atoms with van der Waals surface area (Å²) in [6.45, 7) is 7.77. The Labute approximate surface area is 231 Å². The minimum Gasteiger partial charge on any atom is -0.507 e. The molecule has 1 aliphatic heterocycles. The number of carbonyl (C=O) groups is 5. The van der Waals surface area contributed by atoms with E-state index in [0.717, 1.165) is 0 Å². The number of carbonyl (C=O) groups excluding carboxylic acids is 5. The summed E-state index contributed by atoms with van der Waals surface area (Å²) >= 11 is 0. The first-order valence-corrected chi connectivity index (χ1v) is 13.6. The second-order valence-corrected chi connectivity index (χ2v) is 13.3. The van der Waals surface area contributed by atoms with Crippen LogP contribution in [0.4, 0.5) is 4.39 Å². The minimum atomic E-state index is -2.80. The summed E-state index contributed by atoms with van der Waals surface area (Å²) in [5.41, 5.74) is 2.90. The van der Waals surface area contributed by atoms with Gasteiger partial charge in [0.15, 0.2) is 34.7 Å². The number of halogens is 1. The standard InChI is InChI=1S/C29H36FN3O7/c1-28(2,3)11-33-7-6-13-15(10-33)20(30)14-8-12-9-16-21(32(4)5)24(36)19(27(31)39)26(38)29(16,40)25(37)17(12)23(35)18(14)22(13)34/h12,16-17,19,21,34,40H,6-11H2,1-5H3,(H2,31,39)/t12-,16-,17?,19?,21-,29-/m0/s1. The van der Waals surface area contributed by atoms with Crippen LogP contribution in [0.2, 0.25) is 0 Å². The van der Waals surface area contributed by atoms with Crippen LogP contribution in [0, 0.1) is 34.9 Å². The largest absolute Gasteiger partial charge is 0.507 e. The number of rotatable bonds is 3. The predicted octanol–water partition coefficient (Wildman–Crippen LogP) is 0.410. The van der Waals surface area contributed by atoms with Crippen LogP contribution in [0.25, 0.3) is 0 Å². The van der Waals surface area contributed by atoms with Gasteiger partial charge < -0.3 is 15.9 Å². The van der Waals surface area contributed by atoms with Crippen molar-refractivity contribution in [1.82, 2.24) is 9.80 Å². The first kappa shape index (κ1) is 28.5. The first-order valence-electron chi connectivity index (χ1n) is 13.6. The number of ketones is 4. The van der Waals surface area contributed by atoms with Gasteiger partial charge in [-0.1, -0.05) is 20.8 Å². The summed E-state index contributed by atoms with van der Waals surface area (Å²) in [5.74, 6) is -12.0. The molecule has 2 fully saturated rings. The average Bonchev–Trinajstić information content (AvgIpc) is 2.83. The van der Waals surface area contributed by atoms with E-state index in [9.17, 15) is 34.2 Å². The second-order valence-electron chi connectivity index (χ2n) is 13.3. The maximum atomic E-state index is 16.1. The molecule has 10 nitrogen and oxygen atoms in total. The number of primary amides is 1. The van der Waals surface area contributed by atoms with Crippen molar-refractivity contribution in [2.24, 2.45) is 34.8 Å². The van der Waals surface area contributed by atoms with E-state index in [4.69, 9.17) is 5.73 Å². The molecule has 0 bridgehead atoms. The number of likely N-dealkylation sites (N-methyl/N-ethyl adjacent to an activating group) is 1. The van der Waals surface area contributed by atoms with Crippen LogP contribution < -0.4 is 5.73 Å². The van der Waals surface area contributed by atoms with Crippen molar-refractivity contribution in [2.75, 3.05) is 27.2 Å². The van der Waals surface area contributed by atoms with Gasteiger partial charge in [0.1, 0.15) is 11.6 Å². The SMILES string of the molecule is CN(C)[C@@H]1C(=O)C(C(N)=O)C(=O)[C@@]2(O)C(=O)C3C(=O)c4c(O)c5c(c(F)c4C[C@H]3C[C@@H]12)CN(CC(C)(C)C)CC5. The van der Waals surface area contributed by atoms with Crippen molar-refractivity contribution in [1.29, 1.82) is 0 Å². The zero-order valence-corrected chi connectivity index (χ0v) is 23.4. The highest BCUT2D eigenvalue weighted by atomic mass is 19.1. The Balaban J connectivity index is 1.60. The van der Waals surface area contributed by atoms with Crippen LogP contribution in [0.1, 0.15) is 54.2 Å². The Bertz CT molecular complexity index is 1370. The lowest BCUT2D eigenvalue weighted by atomic mass is 9.52. The van der Waals surface area contributed by atoms with E-state index >= 15 is 4.39 Å². The number of phenols is 1. The van der Waals surface area contributed by atoms with E-state index in [1.54, 1.807) is 0 Å². The minimum absolute atomic E-state index is 0.0169. The zero-order chi connectivity index (χ0) is 29.6. The van der Waals surface area contributed by atoms with Crippen molar-refractivity contribution in [3.05, 3.63) is 28.1 Å². The Kier molecular flexibility index (Phi) is 6.59. The summed E-state index contributed by atoms with van der Waals surface area (Å²) in [5, 5.41) is 22.9. The number of nitrogens with zero attached hydrogens (tertiary/aromatic N) is 2. The Morgan fingerprint density at radius 3 is 2.35 bits per heavy atom. The van der Waals surface area contributed by atoms with Crippen molar-refractivity contribution < 1.29 is 38.6 Å². The fourth-order valence-corrected chi connectivity index (χ4v) is 7.61. The molecular weight excluding hydrogens is 521 g/mol. The summed E-state index contributed by atoms with van der Waals surface area (Å²) in [4.78, 5) is 69.9. The maximum Gasteiger partial charge on any atom is 0.235 e. The van der Waals surface area contributed by atoms with Gasteiger partial charge in [0, 0.05) is 42.2 Å². The summed E-state index contributed by atoms with van der Waals surface area (Å²) in [6, 6.07) is -1.20. The van der Waals surface area contributed by atoms with E-state index in [-0.39, 0.29) is 41.7 Å². The molecule has 0 aromatic heterocycles. The number of phenolic OH excluding ortho intramolecular Hbond substituents is 1. The highest BCUT2D eigenvalue weighted by Gasteiger charge is 2.69. The van der Waals surface area contributed by atoms with Gasteiger partial charge in [0.05, 0.1) is 17.5 Å². The van der Waals surface area contributed by atoms with E-state index in [0.29, 0.717) is 30.6 Å². The topological polar surface area (TPSA) is 158 Å². The van der Waals surface area contributed by atoms with Crippen LogP contribution in [-0.2, 0) is 38.6 Å². The van der Waals surface area contributed by atoms with Crippen molar-refractivity contribution >= 4 is 29.0 Å². The van der Waals surface area contributed by atoms with Gasteiger partial charge in [-0.3, -0.25) is 33.8 Å². The molecule has 4 N–H and O–H groups in total. The fraction of sp³-hybridized carbons (Fsp3) is 0.621. The van der Waals surface area contributed by atoms with Gasteiger partial charge in [-0.2, -0.15) is 0 Å². The number of aliphatic hydroxyl groups is 1. The van der Waals surface area contributed by atoms with E-state index in [1.807, 2.05) is 0 Å². The summed E-state index contributed by atoms with van der Waals surface area (Å²) < 4.78 is 16.1. The maximum absolute atomic E-state index is 16.1. The molecule has 4 aliphatic rings. The number of nitrogens with two attached hydrogens (primary N) is 1. The molecule has 5 rings (SSSR count). The molecule has 1 aromatic rings.